The van der Waals surface area contributed by atoms with Gasteiger partial charge in [-0.15, -0.1) is 11.3 Å². The van der Waals surface area contributed by atoms with E-state index >= 15 is 0 Å². The van der Waals surface area contributed by atoms with Crippen molar-refractivity contribution < 1.29 is 22.8 Å². The van der Waals surface area contributed by atoms with Gasteiger partial charge < -0.3 is 10.2 Å². The Kier molecular flexibility index (Phi) is 7.03. The summed E-state index contributed by atoms with van der Waals surface area (Å²) in [5.74, 6) is 5.47. The number of hydrogen-bond donors (Lipinski definition) is 1. The Bertz CT molecular complexity index is 1220. The fourth-order valence-corrected chi connectivity index (χ4v) is 4.30. The Labute approximate surface area is 199 Å². The molecule has 1 N–H and O–H groups in total. The lowest BCUT2D eigenvalue weighted by molar-refractivity contribution is -0.137. The van der Waals surface area contributed by atoms with Crippen molar-refractivity contribution in [3.63, 3.8) is 0 Å². The fraction of sp³-hybridized carbons (Fsp3) is 0.231. The van der Waals surface area contributed by atoms with Gasteiger partial charge in [-0.25, -0.2) is 0 Å². The van der Waals surface area contributed by atoms with Crippen molar-refractivity contribution in [2.75, 3.05) is 18.4 Å². The van der Waals surface area contributed by atoms with E-state index in [4.69, 9.17) is 0 Å². The number of nitrogens with zero attached hydrogens (tertiary/aromatic N) is 1. The molecule has 1 aliphatic rings. The SMILES string of the molecule is O=C(Nc1cccc(C#Cc2cccs2)c1)C1CCN(C(=O)c2ccc(C(F)(F)F)cc2)CC1. The second kappa shape index (κ2) is 10.1. The quantitative estimate of drug-likeness (QED) is 0.490. The molecule has 1 aliphatic heterocycles. The van der Waals surface area contributed by atoms with Crippen molar-refractivity contribution in [1.82, 2.24) is 4.90 Å². The minimum Gasteiger partial charge on any atom is -0.339 e. The summed E-state index contributed by atoms with van der Waals surface area (Å²) in [6.45, 7) is 0.731. The van der Waals surface area contributed by atoms with Crippen molar-refractivity contribution in [1.29, 1.82) is 0 Å². The topological polar surface area (TPSA) is 49.4 Å². The summed E-state index contributed by atoms with van der Waals surface area (Å²) >= 11 is 1.56. The van der Waals surface area contributed by atoms with Crippen molar-refractivity contribution in [2.45, 2.75) is 19.0 Å². The molecule has 0 unspecified atom stereocenters. The maximum absolute atomic E-state index is 12.7. The first-order valence-electron chi connectivity index (χ1n) is 10.7. The van der Waals surface area contributed by atoms with E-state index in [0.717, 1.165) is 22.6 Å². The summed E-state index contributed by atoms with van der Waals surface area (Å²) in [5, 5.41) is 4.89. The summed E-state index contributed by atoms with van der Waals surface area (Å²) in [4.78, 5) is 27.9. The van der Waals surface area contributed by atoms with E-state index in [0.29, 0.717) is 31.6 Å². The Hall–Kier alpha value is -3.57. The van der Waals surface area contributed by atoms with Gasteiger partial charge in [0.1, 0.15) is 0 Å². The number of benzene rings is 2. The lowest BCUT2D eigenvalue weighted by atomic mass is 9.95. The van der Waals surface area contributed by atoms with Gasteiger partial charge in [0.2, 0.25) is 5.91 Å². The third-order valence-electron chi connectivity index (χ3n) is 5.59. The van der Waals surface area contributed by atoms with Crippen LogP contribution in [0.5, 0.6) is 0 Å². The Morgan fingerprint density at radius 2 is 1.71 bits per heavy atom. The molecule has 1 aromatic heterocycles. The number of nitrogens with one attached hydrogen (secondary N) is 1. The molecule has 0 bridgehead atoms. The smallest absolute Gasteiger partial charge is 0.339 e. The number of anilines is 1. The highest BCUT2D eigenvalue weighted by molar-refractivity contribution is 7.10. The van der Waals surface area contributed by atoms with Crippen LogP contribution in [0.4, 0.5) is 18.9 Å². The predicted octanol–water partition coefficient (Wildman–Crippen LogP) is 5.66. The highest BCUT2D eigenvalue weighted by atomic mass is 32.1. The zero-order valence-electron chi connectivity index (χ0n) is 18.1. The molecule has 0 aliphatic carbocycles. The number of thiophene rings is 1. The average molecular weight is 483 g/mol. The van der Waals surface area contributed by atoms with Crippen LogP contribution in [0.15, 0.2) is 66.0 Å². The van der Waals surface area contributed by atoms with Crippen LogP contribution in [0.25, 0.3) is 0 Å². The number of carbonyl (C=O) groups excluding carboxylic acids is 2. The normalized spacial score (nSPS) is 14.3. The van der Waals surface area contributed by atoms with E-state index in [1.807, 2.05) is 35.7 Å². The number of amides is 2. The molecule has 1 fully saturated rings. The molecule has 0 radical (unpaired) electrons. The van der Waals surface area contributed by atoms with Crippen LogP contribution >= 0.6 is 11.3 Å². The van der Waals surface area contributed by atoms with Gasteiger partial charge in [0.05, 0.1) is 10.4 Å². The van der Waals surface area contributed by atoms with Gasteiger partial charge in [-0.2, -0.15) is 13.2 Å². The van der Waals surface area contributed by atoms with Gasteiger partial charge in [0.15, 0.2) is 0 Å². The lowest BCUT2D eigenvalue weighted by Gasteiger charge is -2.31. The molecule has 2 aromatic carbocycles. The van der Waals surface area contributed by atoms with E-state index in [1.165, 1.54) is 12.1 Å². The van der Waals surface area contributed by atoms with E-state index < -0.39 is 11.7 Å². The maximum Gasteiger partial charge on any atom is 0.416 e. The molecular weight excluding hydrogens is 461 g/mol. The van der Waals surface area contributed by atoms with Crippen LogP contribution in [0.2, 0.25) is 0 Å². The predicted molar refractivity (Wildman–Crippen MR) is 125 cm³/mol. The highest BCUT2D eigenvalue weighted by Crippen LogP contribution is 2.29. The largest absolute Gasteiger partial charge is 0.416 e. The summed E-state index contributed by atoms with van der Waals surface area (Å²) < 4.78 is 38.2. The molecule has 34 heavy (non-hydrogen) atoms. The van der Waals surface area contributed by atoms with Gasteiger partial charge in [-0.3, -0.25) is 9.59 Å². The Morgan fingerprint density at radius 1 is 0.971 bits per heavy atom. The standard InChI is InChI=1S/C26H21F3N2O2S/c27-26(28,29)21-9-7-20(8-10-21)25(33)31-14-12-19(13-15-31)24(32)30-22-4-1-3-18(17-22)6-11-23-5-2-16-34-23/h1-5,7-10,16-17,19H,12-15H2,(H,30,32). The van der Waals surface area contributed by atoms with Crippen LogP contribution in [-0.2, 0) is 11.0 Å². The Morgan fingerprint density at radius 3 is 2.35 bits per heavy atom. The number of likely N-dealkylation sites (tertiary alicyclic amines) is 1. The average Bonchev–Trinajstić information content (AvgIpc) is 3.36. The molecule has 1 saturated heterocycles. The van der Waals surface area contributed by atoms with Crippen LogP contribution in [0, 0.1) is 17.8 Å². The van der Waals surface area contributed by atoms with Crippen molar-refractivity contribution >= 4 is 28.8 Å². The molecule has 0 saturated carbocycles. The van der Waals surface area contributed by atoms with Crippen LogP contribution in [0.1, 0.15) is 39.2 Å². The second-order valence-electron chi connectivity index (χ2n) is 7.94. The van der Waals surface area contributed by atoms with E-state index in [1.54, 1.807) is 22.3 Å². The maximum atomic E-state index is 12.7. The summed E-state index contributed by atoms with van der Waals surface area (Å²) in [5.41, 5.74) is 0.867. The van der Waals surface area contributed by atoms with E-state index in [2.05, 4.69) is 17.2 Å². The minimum atomic E-state index is -4.44. The summed E-state index contributed by atoms with van der Waals surface area (Å²) in [7, 11) is 0. The first kappa shape index (κ1) is 23.6. The van der Waals surface area contributed by atoms with Crippen LogP contribution in [-0.4, -0.2) is 29.8 Å². The third kappa shape index (κ3) is 5.86. The molecule has 2 amide bonds. The Balaban J connectivity index is 1.31. The molecule has 3 aromatic rings. The molecule has 2 heterocycles. The number of piperidine rings is 1. The van der Waals surface area contributed by atoms with Crippen molar-refractivity contribution in [2.24, 2.45) is 5.92 Å². The van der Waals surface area contributed by atoms with Gasteiger partial charge in [-0.05, 0) is 66.8 Å². The number of rotatable bonds is 3. The zero-order chi connectivity index (χ0) is 24.1. The second-order valence-corrected chi connectivity index (χ2v) is 8.89. The third-order valence-corrected chi connectivity index (χ3v) is 6.38. The minimum absolute atomic E-state index is 0.120. The molecule has 4 rings (SSSR count). The molecular formula is C26H21F3N2O2S. The molecule has 4 nitrogen and oxygen atoms in total. The molecule has 8 heteroatoms. The number of carbonyl (C=O) groups is 2. The first-order valence-corrected chi connectivity index (χ1v) is 11.6. The van der Waals surface area contributed by atoms with Gasteiger partial charge in [-0.1, -0.05) is 24.0 Å². The van der Waals surface area contributed by atoms with Crippen molar-refractivity contribution in [3.05, 3.63) is 87.6 Å². The lowest BCUT2D eigenvalue weighted by Crippen LogP contribution is -2.41. The van der Waals surface area contributed by atoms with Crippen molar-refractivity contribution in [3.8, 4) is 11.8 Å². The van der Waals surface area contributed by atoms with Gasteiger partial charge in [0, 0.05) is 35.8 Å². The molecule has 174 valence electrons. The summed E-state index contributed by atoms with van der Waals surface area (Å²) in [6.07, 6.45) is -3.48. The monoisotopic (exact) mass is 482 g/mol. The van der Waals surface area contributed by atoms with Crippen LogP contribution < -0.4 is 5.32 Å². The highest BCUT2D eigenvalue weighted by Gasteiger charge is 2.31. The zero-order valence-corrected chi connectivity index (χ0v) is 18.9. The number of hydrogen-bond acceptors (Lipinski definition) is 3. The number of halogens is 3. The fourth-order valence-electron chi connectivity index (χ4n) is 3.73. The summed E-state index contributed by atoms with van der Waals surface area (Å²) in [6, 6.07) is 15.4. The van der Waals surface area contributed by atoms with E-state index in [-0.39, 0.29) is 23.3 Å². The molecule has 0 atom stereocenters. The number of alkyl halides is 3. The van der Waals surface area contributed by atoms with Gasteiger partial charge >= 0.3 is 6.18 Å². The first-order chi connectivity index (χ1) is 16.3. The van der Waals surface area contributed by atoms with E-state index in [9.17, 15) is 22.8 Å². The van der Waals surface area contributed by atoms with Gasteiger partial charge in [0.25, 0.3) is 5.91 Å². The van der Waals surface area contributed by atoms with Crippen LogP contribution in [0.3, 0.4) is 0 Å². The molecule has 0 spiro atoms.